The first-order chi connectivity index (χ1) is 8.22. The average molecular weight is 235 g/mol. The van der Waals surface area contributed by atoms with Crippen molar-refractivity contribution in [3.8, 4) is 6.07 Å². The molecule has 1 aliphatic heterocycles. The fraction of sp³-hybridized carbons (Fsp3) is 0.364. The van der Waals surface area contributed by atoms with Crippen LogP contribution in [0.5, 0.6) is 0 Å². The lowest BCUT2D eigenvalue weighted by Crippen LogP contribution is -2.21. The summed E-state index contributed by atoms with van der Waals surface area (Å²) in [6.45, 7) is 2.29. The Hall–Kier alpha value is -2.13. The number of carbonyl (C=O) groups excluding carboxylic acids is 1. The molecule has 0 radical (unpaired) electrons. The molecule has 1 aliphatic rings. The van der Waals surface area contributed by atoms with Gasteiger partial charge in [-0.1, -0.05) is 0 Å². The highest BCUT2D eigenvalue weighted by Gasteiger charge is 2.16. The Labute approximate surface area is 99.1 Å². The van der Waals surface area contributed by atoms with E-state index in [9.17, 15) is 4.79 Å². The highest BCUT2D eigenvalue weighted by Crippen LogP contribution is 2.12. The number of aliphatic hydroxyl groups excluding tert-OH is 1. The topological polar surface area (TPSA) is 85.9 Å². The van der Waals surface area contributed by atoms with E-state index in [4.69, 9.17) is 15.1 Å². The third kappa shape index (κ3) is 3.43. The van der Waals surface area contributed by atoms with Crippen molar-refractivity contribution in [3.05, 3.63) is 23.5 Å². The fourth-order valence-corrected chi connectivity index (χ4v) is 1.19. The Bertz CT molecular complexity index is 402. The van der Waals surface area contributed by atoms with E-state index < -0.39 is 5.97 Å². The van der Waals surface area contributed by atoms with Crippen molar-refractivity contribution in [3.63, 3.8) is 0 Å². The van der Waals surface area contributed by atoms with Gasteiger partial charge in [0.25, 0.3) is 0 Å². The summed E-state index contributed by atoms with van der Waals surface area (Å²) in [6.07, 6.45) is 4.61. The fourth-order valence-electron chi connectivity index (χ4n) is 1.19. The van der Waals surface area contributed by atoms with E-state index in [-0.39, 0.29) is 24.5 Å². The molecule has 1 heterocycles. The minimum atomic E-state index is -0.678. The molecule has 1 rings (SSSR count). The van der Waals surface area contributed by atoms with Crippen LogP contribution >= 0.6 is 0 Å². The number of nitrogens with zero attached hydrogens (tertiary/aromatic N) is 3. The van der Waals surface area contributed by atoms with E-state index in [1.165, 1.54) is 12.4 Å². The number of aliphatic hydroxyl groups is 1. The summed E-state index contributed by atoms with van der Waals surface area (Å²) >= 11 is 0. The molecule has 0 spiro atoms. The van der Waals surface area contributed by atoms with E-state index in [2.05, 4.69) is 4.99 Å². The number of aliphatic imine (C=N–C) groups is 1. The molecule has 0 bridgehead atoms. The van der Waals surface area contributed by atoms with Gasteiger partial charge in [-0.15, -0.1) is 0 Å². The molecule has 6 nitrogen and oxygen atoms in total. The Morgan fingerprint density at radius 2 is 2.47 bits per heavy atom. The van der Waals surface area contributed by atoms with E-state index in [1.54, 1.807) is 24.1 Å². The quantitative estimate of drug-likeness (QED) is 0.426. The molecule has 0 fully saturated rings. The van der Waals surface area contributed by atoms with Crippen LogP contribution in [0, 0.1) is 11.3 Å². The zero-order valence-corrected chi connectivity index (χ0v) is 9.46. The van der Waals surface area contributed by atoms with Crippen molar-refractivity contribution >= 4 is 12.3 Å². The van der Waals surface area contributed by atoms with Gasteiger partial charge in [-0.25, -0.2) is 9.79 Å². The van der Waals surface area contributed by atoms with E-state index in [0.29, 0.717) is 6.54 Å². The van der Waals surface area contributed by atoms with Crippen LogP contribution < -0.4 is 0 Å². The maximum Gasteiger partial charge on any atom is 0.351 e. The van der Waals surface area contributed by atoms with Crippen molar-refractivity contribution in [1.82, 2.24) is 4.90 Å². The minimum absolute atomic E-state index is 0.00160. The predicted octanol–water partition coefficient (Wildman–Crippen LogP) is 0.177. The van der Waals surface area contributed by atoms with E-state index >= 15 is 0 Å². The van der Waals surface area contributed by atoms with Crippen LogP contribution in [0.15, 0.2) is 28.5 Å². The molecular weight excluding hydrogens is 222 g/mol. The molecule has 6 heteroatoms. The molecule has 0 unspecified atom stereocenters. The molecule has 17 heavy (non-hydrogen) atoms. The molecule has 0 atom stereocenters. The Balaban J connectivity index is 2.85. The number of esters is 1. The average Bonchev–Trinajstić information content (AvgIpc) is 2.33. The van der Waals surface area contributed by atoms with Crippen molar-refractivity contribution in [1.29, 1.82) is 5.26 Å². The van der Waals surface area contributed by atoms with Crippen molar-refractivity contribution in [2.45, 2.75) is 6.92 Å². The van der Waals surface area contributed by atoms with Gasteiger partial charge in [0.05, 0.1) is 25.2 Å². The predicted molar refractivity (Wildman–Crippen MR) is 60.7 cm³/mol. The molecule has 0 aliphatic carbocycles. The summed E-state index contributed by atoms with van der Waals surface area (Å²) in [7, 11) is 0. The molecule has 0 saturated carbocycles. The standard InChI is InChI=1S/C11H13N3O3/c1-2-17-11(16)9(7-12)10-3-4-14(5-6-15)8-13-10/h3-4,8,15H,2,5-6H2,1H3/b10-9-. The van der Waals surface area contributed by atoms with Gasteiger partial charge in [-0.3, -0.25) is 0 Å². The van der Waals surface area contributed by atoms with Crippen LogP contribution in [0.1, 0.15) is 6.92 Å². The summed E-state index contributed by atoms with van der Waals surface area (Å²) in [5.41, 5.74) is 0.142. The van der Waals surface area contributed by atoms with Crippen LogP contribution in [-0.4, -0.2) is 42.1 Å². The summed E-state index contributed by atoms with van der Waals surface area (Å²) in [6, 6.07) is 1.78. The maximum atomic E-state index is 11.4. The van der Waals surface area contributed by atoms with Gasteiger partial charge < -0.3 is 14.7 Å². The highest BCUT2D eigenvalue weighted by molar-refractivity contribution is 5.94. The van der Waals surface area contributed by atoms with Crippen molar-refractivity contribution in [2.75, 3.05) is 19.8 Å². The summed E-state index contributed by atoms with van der Waals surface area (Å²) in [4.78, 5) is 17.0. The van der Waals surface area contributed by atoms with Gasteiger partial charge in [0.15, 0.2) is 5.57 Å². The molecule has 0 amide bonds. The number of hydrogen-bond donors (Lipinski definition) is 1. The van der Waals surface area contributed by atoms with Gasteiger partial charge >= 0.3 is 5.97 Å². The Morgan fingerprint density at radius 1 is 1.71 bits per heavy atom. The Morgan fingerprint density at radius 3 is 2.94 bits per heavy atom. The van der Waals surface area contributed by atoms with Crippen LogP contribution in [0.25, 0.3) is 0 Å². The first-order valence-electron chi connectivity index (χ1n) is 5.13. The second-order valence-electron chi connectivity index (χ2n) is 3.11. The number of ether oxygens (including phenoxy) is 1. The number of β-amino-alcohol motifs (C(OH)–C–C–N with tert-alkyl or cyclic N) is 1. The summed E-state index contributed by atoms with van der Waals surface area (Å²) in [5, 5.41) is 17.6. The molecule has 0 aromatic carbocycles. The number of carbonyl (C=O) groups is 1. The highest BCUT2D eigenvalue weighted by atomic mass is 16.5. The largest absolute Gasteiger partial charge is 0.462 e. The zero-order chi connectivity index (χ0) is 12.7. The van der Waals surface area contributed by atoms with E-state index in [1.807, 2.05) is 0 Å². The lowest BCUT2D eigenvalue weighted by Gasteiger charge is -2.16. The van der Waals surface area contributed by atoms with Crippen LogP contribution in [0.2, 0.25) is 0 Å². The first-order valence-corrected chi connectivity index (χ1v) is 5.13. The third-order valence-corrected chi connectivity index (χ3v) is 1.97. The van der Waals surface area contributed by atoms with Crippen LogP contribution in [0.3, 0.4) is 0 Å². The number of allylic oxidation sites excluding steroid dienone is 1. The number of rotatable bonds is 4. The summed E-state index contributed by atoms with van der Waals surface area (Å²) < 4.78 is 4.74. The number of nitriles is 1. The van der Waals surface area contributed by atoms with Crippen molar-refractivity contribution < 1.29 is 14.6 Å². The van der Waals surface area contributed by atoms with E-state index in [0.717, 1.165) is 0 Å². The molecule has 0 saturated heterocycles. The molecular formula is C11H13N3O3. The summed E-state index contributed by atoms with van der Waals surface area (Å²) in [5.74, 6) is -0.678. The van der Waals surface area contributed by atoms with Gasteiger partial charge in [0.1, 0.15) is 6.07 Å². The first kappa shape index (κ1) is 12.9. The maximum absolute atomic E-state index is 11.4. The second kappa shape index (κ2) is 6.45. The molecule has 90 valence electrons. The normalized spacial score (nSPS) is 16.6. The monoisotopic (exact) mass is 235 g/mol. The lowest BCUT2D eigenvalue weighted by atomic mass is 10.2. The molecule has 1 N–H and O–H groups in total. The Kier molecular flexibility index (Phi) is 4.91. The van der Waals surface area contributed by atoms with Crippen molar-refractivity contribution in [2.24, 2.45) is 4.99 Å². The van der Waals surface area contributed by atoms with Gasteiger partial charge in [0, 0.05) is 12.7 Å². The molecule has 0 aromatic heterocycles. The SMILES string of the molecule is CCOC(=O)/C(C#N)=C1/C=CN(CCO)C=N1. The third-order valence-electron chi connectivity index (χ3n) is 1.97. The number of hydrogen-bond acceptors (Lipinski definition) is 6. The van der Waals surface area contributed by atoms with Gasteiger partial charge in [-0.05, 0) is 13.0 Å². The van der Waals surface area contributed by atoms with Gasteiger partial charge in [-0.2, -0.15) is 5.26 Å². The van der Waals surface area contributed by atoms with Crippen LogP contribution in [0.4, 0.5) is 0 Å². The van der Waals surface area contributed by atoms with Gasteiger partial charge in [0.2, 0.25) is 0 Å². The van der Waals surface area contributed by atoms with Crippen LogP contribution in [-0.2, 0) is 9.53 Å². The smallest absolute Gasteiger partial charge is 0.351 e. The minimum Gasteiger partial charge on any atom is -0.462 e. The lowest BCUT2D eigenvalue weighted by molar-refractivity contribution is -0.138. The second-order valence-corrected chi connectivity index (χ2v) is 3.11. The molecule has 0 aromatic rings. The zero-order valence-electron chi connectivity index (χ0n) is 9.46.